The van der Waals surface area contributed by atoms with Gasteiger partial charge >= 0.3 is 68.5 Å². The first-order valence-corrected chi connectivity index (χ1v) is 2.00. The van der Waals surface area contributed by atoms with Gasteiger partial charge in [-0.25, -0.2) is 0 Å². The Bertz CT molecular complexity index is 96.2. The Balaban J connectivity index is -0.0000000133. The van der Waals surface area contributed by atoms with E-state index in [0.717, 1.165) is 0 Å². The number of rotatable bonds is 0. The second-order valence-electron chi connectivity index (χ2n) is 0.408. The molecule has 0 heterocycles. The van der Waals surface area contributed by atoms with Gasteiger partial charge in [-0.15, -0.1) is 0 Å². The van der Waals surface area contributed by atoms with Crippen LogP contribution in [-0.4, -0.2) is 28.5 Å². The van der Waals surface area contributed by atoms with Gasteiger partial charge in [0.1, 0.15) is 0 Å². The van der Waals surface area contributed by atoms with E-state index < -0.39 is 10.4 Å². The summed E-state index contributed by atoms with van der Waals surface area (Å²) in [6, 6.07) is 0. The molecule has 0 aliphatic rings. The van der Waals surface area contributed by atoms with Gasteiger partial charge in [-0.05, 0) is 0 Å². The first-order valence-electron chi connectivity index (χ1n) is 0.667. The Morgan fingerprint density at radius 3 is 1.00 bits per heavy atom. The Hall–Kier alpha value is 1.95. The molecule has 0 fully saturated rings. The molecule has 0 aromatic rings. The van der Waals surface area contributed by atoms with Crippen molar-refractivity contribution in [1.29, 1.82) is 0 Å². The quantitative estimate of drug-likeness (QED) is 0.230. The Labute approximate surface area is 105 Å². The maximum Gasteiger partial charge on any atom is 3.00 e. The molecule has 0 saturated heterocycles. The molecule has 1 radical (unpaired) electrons. The van der Waals surface area contributed by atoms with E-state index in [9.17, 15) is 0 Å². The number of hydrogen-bond acceptors (Lipinski definition) is 4. The molecule has 0 aliphatic carbocycles. The van der Waals surface area contributed by atoms with Crippen molar-refractivity contribution in [2.75, 3.05) is 0 Å². The number of hydrogen-bond donors (Lipinski definition) is 0. The molecule has 0 bridgehead atoms. The van der Waals surface area contributed by atoms with Gasteiger partial charge in [0.15, 0.2) is 0 Å². The van der Waals surface area contributed by atoms with E-state index in [1.807, 2.05) is 0 Å². The van der Waals surface area contributed by atoms with Crippen molar-refractivity contribution >= 4 is 10.4 Å². The largest absolute Gasteiger partial charge is 3.00 e. The van der Waals surface area contributed by atoms with Gasteiger partial charge in [-0.3, -0.25) is 8.42 Å². The summed E-state index contributed by atoms with van der Waals surface area (Å²) in [5.41, 5.74) is 0. The third-order valence-electron chi connectivity index (χ3n) is 0. The summed E-state index contributed by atoms with van der Waals surface area (Å²) in [6.45, 7) is 0. The minimum Gasteiger partial charge on any atom is -0.759 e. The van der Waals surface area contributed by atoms with Crippen LogP contribution in [0, 0.1) is 0 Å². The summed E-state index contributed by atoms with van der Waals surface area (Å²) in [6.07, 6.45) is 0. The predicted octanol–water partition coefficient (Wildman–Crippen LogP) is -5.99. The van der Waals surface area contributed by atoms with E-state index in [2.05, 4.69) is 0 Å². The molecule has 9 heavy (non-hydrogen) atoms. The van der Waals surface area contributed by atoms with Crippen LogP contribution >= 0.6 is 0 Å². The normalized spacial score (nSPS) is 6.44. The smallest absolute Gasteiger partial charge is 0.759 e. The van der Waals surface area contributed by atoms with E-state index in [0.29, 0.717) is 0 Å². The van der Waals surface area contributed by atoms with Gasteiger partial charge in [0, 0.05) is 10.4 Å². The van der Waals surface area contributed by atoms with Crippen molar-refractivity contribution in [1.82, 2.24) is 0 Å². The van der Waals surface area contributed by atoms with Crippen LogP contribution in [-0.2, 0) is 27.5 Å². The molecule has 9 heteroatoms. The topological polar surface area (TPSA) is 143 Å². The van der Waals surface area contributed by atoms with Crippen LogP contribution in [0.4, 0.5) is 0 Å². The van der Waals surface area contributed by atoms with Crippen LogP contribution in [0.5, 0.6) is 0 Å². The maximum atomic E-state index is 8.52. The molecule has 0 amide bonds. The van der Waals surface area contributed by atoms with Gasteiger partial charge in [0.05, 0.1) is 0 Å². The first kappa shape index (κ1) is 30.6. The van der Waals surface area contributed by atoms with E-state index >= 15 is 0 Å². The fourth-order valence-corrected chi connectivity index (χ4v) is 0. The molecule has 0 unspecified atom stereocenters. The van der Waals surface area contributed by atoms with Gasteiger partial charge in [-0.1, -0.05) is 0 Å². The summed E-state index contributed by atoms with van der Waals surface area (Å²) >= 11 is 0. The van der Waals surface area contributed by atoms with Crippen LogP contribution in [0.2, 0.25) is 0 Å². The van der Waals surface area contributed by atoms with Crippen LogP contribution < -0.4 is 51.4 Å². The van der Waals surface area contributed by atoms with Gasteiger partial charge in [-0.2, -0.15) is 0 Å². The predicted molar refractivity (Wildman–Crippen MR) is 17.7 cm³/mol. The zero-order valence-corrected chi connectivity index (χ0v) is 9.44. The van der Waals surface area contributed by atoms with Gasteiger partial charge in [0.2, 0.25) is 0 Å². The van der Waals surface area contributed by atoms with Crippen LogP contribution in [0.3, 0.4) is 0 Å². The minimum absolute atomic E-state index is 0. The summed E-state index contributed by atoms with van der Waals surface area (Å²) < 4.78 is 34.1. The monoisotopic (exact) mass is 227 g/mol. The third-order valence-corrected chi connectivity index (χ3v) is 0. The molecule has 6 nitrogen and oxygen atoms in total. The zero-order valence-electron chi connectivity index (χ0n) is 4.39. The van der Waals surface area contributed by atoms with Crippen LogP contribution in [0.1, 0.15) is 0 Å². The van der Waals surface area contributed by atoms with Crippen molar-refractivity contribution < 1.29 is 96.9 Å². The van der Waals surface area contributed by atoms with Crippen LogP contribution in [0.25, 0.3) is 0 Å². The fraction of sp³-hybridized carbons (Fsp3) is 0. The molecule has 0 aromatic carbocycles. The molecular formula is H4FeKO6S+2. The zero-order chi connectivity index (χ0) is 4.50. The molecule has 53 valence electrons. The Kier molecular flexibility index (Phi) is 42.9. The second-order valence-corrected chi connectivity index (χ2v) is 1.22. The average Bonchev–Trinajstić information content (AvgIpc) is 0.722. The SMILES string of the molecule is O.O.O=S(=O)([O-])[O-].[Fe+3].[K+]. The fourth-order valence-electron chi connectivity index (χ4n) is 0. The second kappa shape index (κ2) is 12.6. The summed E-state index contributed by atoms with van der Waals surface area (Å²) in [4.78, 5) is 0. The summed E-state index contributed by atoms with van der Waals surface area (Å²) in [7, 11) is -5.17. The molecule has 0 aliphatic heterocycles. The van der Waals surface area contributed by atoms with Crippen molar-refractivity contribution in [2.24, 2.45) is 0 Å². The van der Waals surface area contributed by atoms with Crippen molar-refractivity contribution in [3.63, 3.8) is 0 Å². The van der Waals surface area contributed by atoms with Crippen molar-refractivity contribution in [2.45, 2.75) is 0 Å². The van der Waals surface area contributed by atoms with E-state index in [1.54, 1.807) is 0 Å². The van der Waals surface area contributed by atoms with E-state index in [-0.39, 0.29) is 79.4 Å². The minimum atomic E-state index is -5.17. The van der Waals surface area contributed by atoms with E-state index in [4.69, 9.17) is 17.5 Å². The molecular weight excluding hydrogens is 223 g/mol. The van der Waals surface area contributed by atoms with E-state index in [1.165, 1.54) is 0 Å². The van der Waals surface area contributed by atoms with Crippen molar-refractivity contribution in [3.8, 4) is 0 Å². The Morgan fingerprint density at radius 1 is 1.00 bits per heavy atom. The molecule has 0 spiro atoms. The van der Waals surface area contributed by atoms with Crippen LogP contribution in [0.15, 0.2) is 0 Å². The standard InChI is InChI=1S/Fe.K.H2O4S.2H2O/c;;1-5(2,3)4;;/h;;(H2,1,2,3,4);2*1H2/q+3;+1;;;/p-2. The molecule has 0 saturated carbocycles. The summed E-state index contributed by atoms with van der Waals surface area (Å²) in [5, 5.41) is 0. The average molecular weight is 227 g/mol. The Morgan fingerprint density at radius 2 is 1.00 bits per heavy atom. The van der Waals surface area contributed by atoms with Gasteiger partial charge < -0.3 is 20.1 Å². The van der Waals surface area contributed by atoms with Gasteiger partial charge in [0.25, 0.3) is 0 Å². The molecule has 0 atom stereocenters. The summed E-state index contributed by atoms with van der Waals surface area (Å²) in [5.74, 6) is 0. The molecule has 0 rings (SSSR count). The molecule has 0 aromatic heterocycles. The third kappa shape index (κ3) is 166. The molecule has 4 N–H and O–H groups in total. The first-order chi connectivity index (χ1) is 2.00. The van der Waals surface area contributed by atoms with Crippen molar-refractivity contribution in [3.05, 3.63) is 0 Å². The maximum absolute atomic E-state index is 8.52.